The van der Waals surface area contributed by atoms with Gasteiger partial charge < -0.3 is 14.4 Å². The molecule has 34 valence electrons. The van der Waals surface area contributed by atoms with E-state index in [9.17, 15) is 0 Å². The number of rotatable bonds is 0. The molecule has 0 fully saturated rings. The summed E-state index contributed by atoms with van der Waals surface area (Å²) in [4.78, 5) is 8.56. The molecule has 6 heavy (non-hydrogen) atoms. The molecule has 0 saturated heterocycles. The van der Waals surface area contributed by atoms with E-state index in [0.717, 1.165) is 0 Å². The van der Waals surface area contributed by atoms with E-state index >= 15 is 0 Å². The fourth-order valence-electron chi connectivity index (χ4n) is 0. The second-order valence-electron chi connectivity index (χ2n) is 0.283. The maximum atomic E-state index is 8.56. The first-order valence-corrected chi connectivity index (χ1v) is 1.43. The summed E-state index contributed by atoms with van der Waals surface area (Å²) < 4.78 is 6.92. The van der Waals surface area contributed by atoms with Crippen LogP contribution in [0.5, 0.6) is 0 Å². The SMILES string of the molecule is O=C(O)O.[OH][Al]. The third-order valence-corrected chi connectivity index (χ3v) is 0. The third-order valence-electron chi connectivity index (χ3n) is 0. The molecule has 0 spiro atoms. The summed E-state index contributed by atoms with van der Waals surface area (Å²) in [7, 11) is 0. The van der Waals surface area contributed by atoms with E-state index in [1.54, 1.807) is 0 Å². The van der Waals surface area contributed by atoms with E-state index in [-0.39, 0.29) is 0 Å². The van der Waals surface area contributed by atoms with Gasteiger partial charge in [0.1, 0.15) is 0 Å². The summed E-state index contributed by atoms with van der Waals surface area (Å²) >= 11 is 1.42. The van der Waals surface area contributed by atoms with Gasteiger partial charge in [-0.1, -0.05) is 0 Å². The van der Waals surface area contributed by atoms with Gasteiger partial charge in [-0.15, -0.1) is 0 Å². The molecule has 0 atom stereocenters. The zero-order valence-electron chi connectivity index (χ0n) is 2.83. The molecule has 0 rings (SSSR count). The second-order valence-corrected chi connectivity index (χ2v) is 0.283. The van der Waals surface area contributed by atoms with E-state index < -0.39 is 6.16 Å². The van der Waals surface area contributed by atoms with Crippen molar-refractivity contribution in [1.29, 1.82) is 0 Å². The quantitative estimate of drug-likeness (QED) is 0.356. The van der Waals surface area contributed by atoms with Crippen molar-refractivity contribution in [3.8, 4) is 0 Å². The Hall–Kier alpha value is -0.238. The van der Waals surface area contributed by atoms with Gasteiger partial charge in [-0.3, -0.25) is 0 Å². The van der Waals surface area contributed by atoms with Crippen molar-refractivity contribution in [3.05, 3.63) is 0 Å². The van der Waals surface area contributed by atoms with Gasteiger partial charge in [0.15, 0.2) is 0 Å². The fraction of sp³-hybridized carbons (Fsp3) is 0. The first kappa shape index (κ1) is 9.23. The highest BCUT2D eigenvalue weighted by atomic mass is 27.1. The Morgan fingerprint density at radius 2 is 1.33 bits per heavy atom. The summed E-state index contributed by atoms with van der Waals surface area (Å²) in [5.41, 5.74) is 0. The summed E-state index contributed by atoms with van der Waals surface area (Å²) in [6, 6.07) is 0. The van der Waals surface area contributed by atoms with Crippen molar-refractivity contribution >= 4 is 22.8 Å². The Kier molecular flexibility index (Phi) is 13.6. The minimum absolute atomic E-state index is 1.42. The highest BCUT2D eigenvalue weighted by Crippen LogP contribution is 1.42. The molecule has 0 aromatic heterocycles. The lowest BCUT2D eigenvalue weighted by molar-refractivity contribution is 0.137. The Labute approximate surface area is 42.8 Å². The predicted octanol–water partition coefficient (Wildman–Crippen LogP) is -0.715. The van der Waals surface area contributed by atoms with Crippen molar-refractivity contribution < 1.29 is 19.2 Å². The van der Waals surface area contributed by atoms with Crippen LogP contribution in [0.4, 0.5) is 4.79 Å². The molecule has 0 unspecified atom stereocenters. The highest BCUT2D eigenvalue weighted by Gasteiger charge is 1.70. The van der Waals surface area contributed by atoms with Gasteiger partial charge in [-0.2, -0.15) is 0 Å². The first-order chi connectivity index (χ1) is 2.73. The molecule has 0 aromatic rings. The summed E-state index contributed by atoms with van der Waals surface area (Å²) in [6.45, 7) is 0. The molecule has 0 aromatic carbocycles. The topological polar surface area (TPSA) is 77.8 Å². The van der Waals surface area contributed by atoms with Crippen LogP contribution in [0.25, 0.3) is 0 Å². The normalized spacial score (nSPS) is 4.83. The van der Waals surface area contributed by atoms with Crippen molar-refractivity contribution in [2.45, 2.75) is 0 Å². The zero-order chi connectivity index (χ0) is 5.58. The van der Waals surface area contributed by atoms with Crippen LogP contribution in [0.15, 0.2) is 0 Å². The molecule has 5 heteroatoms. The number of carboxylic acid groups (broad SMARTS) is 2. The molecule has 0 aliphatic heterocycles. The van der Waals surface area contributed by atoms with Gasteiger partial charge in [0.2, 0.25) is 0 Å². The van der Waals surface area contributed by atoms with Gasteiger partial charge in [-0.25, -0.2) is 4.79 Å². The minimum Gasteiger partial charge on any atom is -0.529 e. The van der Waals surface area contributed by atoms with Crippen LogP contribution in [0.3, 0.4) is 0 Å². The molecular formula is CH3AlO4. The Morgan fingerprint density at radius 3 is 1.33 bits per heavy atom. The smallest absolute Gasteiger partial charge is 0.503 e. The van der Waals surface area contributed by atoms with Crippen molar-refractivity contribution in [2.75, 3.05) is 0 Å². The average molecular weight is 106 g/mol. The van der Waals surface area contributed by atoms with Gasteiger partial charge in [-0.05, 0) is 0 Å². The van der Waals surface area contributed by atoms with Crippen LogP contribution < -0.4 is 0 Å². The van der Waals surface area contributed by atoms with E-state index in [0.29, 0.717) is 0 Å². The summed E-state index contributed by atoms with van der Waals surface area (Å²) in [6.07, 6.45) is -1.83. The van der Waals surface area contributed by atoms with Crippen LogP contribution in [-0.4, -0.2) is 37.2 Å². The van der Waals surface area contributed by atoms with E-state index in [1.165, 1.54) is 16.6 Å². The van der Waals surface area contributed by atoms with Gasteiger partial charge in [0, 0.05) is 0 Å². The lowest BCUT2D eigenvalue weighted by Crippen LogP contribution is -1.81. The van der Waals surface area contributed by atoms with Crippen molar-refractivity contribution in [1.82, 2.24) is 0 Å². The molecular weight excluding hydrogens is 103 g/mol. The van der Waals surface area contributed by atoms with Crippen LogP contribution in [0.1, 0.15) is 0 Å². The predicted molar refractivity (Wildman–Crippen MR) is 18.6 cm³/mol. The van der Waals surface area contributed by atoms with Gasteiger partial charge in [0.25, 0.3) is 0 Å². The maximum Gasteiger partial charge on any atom is 0.503 e. The van der Waals surface area contributed by atoms with Gasteiger partial charge in [0.05, 0.1) is 0 Å². The standard InChI is InChI=1S/CH2O3.Al.H2O/c2-1(3)4;;/h(H2,2,3,4);;1H2/q;+1;/p-1. The third kappa shape index (κ3) is 509. The van der Waals surface area contributed by atoms with E-state index in [4.69, 9.17) is 19.2 Å². The summed E-state index contributed by atoms with van der Waals surface area (Å²) in [5, 5.41) is 13.9. The van der Waals surface area contributed by atoms with Crippen molar-refractivity contribution in [2.24, 2.45) is 0 Å². The minimum atomic E-state index is -1.83. The van der Waals surface area contributed by atoms with Crippen LogP contribution in [0, 0.1) is 0 Å². The van der Waals surface area contributed by atoms with Crippen LogP contribution in [0.2, 0.25) is 0 Å². The molecule has 2 radical (unpaired) electrons. The largest absolute Gasteiger partial charge is 0.529 e. The molecule has 3 N–H and O–H groups in total. The molecule has 4 nitrogen and oxygen atoms in total. The molecule has 0 amide bonds. The van der Waals surface area contributed by atoms with Crippen LogP contribution >= 0.6 is 0 Å². The van der Waals surface area contributed by atoms with E-state index in [1.807, 2.05) is 0 Å². The van der Waals surface area contributed by atoms with E-state index in [2.05, 4.69) is 0 Å². The lowest BCUT2D eigenvalue weighted by atomic mass is 11.5. The molecule has 0 saturated carbocycles. The molecule has 0 aliphatic rings. The fourth-order valence-corrected chi connectivity index (χ4v) is 0. The zero-order valence-corrected chi connectivity index (χ0v) is 3.98. The Balaban J connectivity index is 0. The molecule has 0 bridgehead atoms. The molecule has 0 heterocycles. The highest BCUT2D eigenvalue weighted by molar-refractivity contribution is 5.95. The number of hydrogen-bond acceptors (Lipinski definition) is 2. The summed E-state index contributed by atoms with van der Waals surface area (Å²) in [5.74, 6) is 0. The maximum absolute atomic E-state index is 8.56. The number of hydrogen-bond donors (Lipinski definition) is 3. The average Bonchev–Trinajstić information content (AvgIpc) is 1.41. The first-order valence-electron chi connectivity index (χ1n) is 0.910. The van der Waals surface area contributed by atoms with Crippen LogP contribution in [-0.2, 0) is 0 Å². The molecule has 0 aliphatic carbocycles. The number of carbonyl (C=O) groups is 1. The second kappa shape index (κ2) is 8.83. The van der Waals surface area contributed by atoms with Gasteiger partial charge >= 0.3 is 22.8 Å². The monoisotopic (exact) mass is 106 g/mol. The Bertz CT molecular complexity index is 30.5. The Morgan fingerprint density at radius 1 is 1.33 bits per heavy atom. The lowest BCUT2D eigenvalue weighted by Gasteiger charge is -1.60. The van der Waals surface area contributed by atoms with Crippen molar-refractivity contribution in [3.63, 3.8) is 0 Å².